The van der Waals surface area contributed by atoms with Gasteiger partial charge in [0.2, 0.25) is 0 Å². The van der Waals surface area contributed by atoms with Crippen molar-refractivity contribution in [2.45, 2.75) is 32.5 Å². The highest BCUT2D eigenvalue weighted by Crippen LogP contribution is 2.07. The maximum atomic E-state index is 12.1. The summed E-state index contributed by atoms with van der Waals surface area (Å²) in [5, 5.41) is 14.5. The summed E-state index contributed by atoms with van der Waals surface area (Å²) < 4.78 is 5.69. The second-order valence-corrected chi connectivity index (χ2v) is 6.67. The number of aromatic carboxylic acids is 1. The molecule has 0 spiro atoms. The molecule has 138 valence electrons. The molecule has 0 fully saturated rings. The Hall–Kier alpha value is -2.86. The van der Waals surface area contributed by atoms with E-state index >= 15 is 0 Å². The van der Waals surface area contributed by atoms with Crippen molar-refractivity contribution in [2.75, 3.05) is 6.61 Å². The molecule has 2 aromatic carbocycles. The van der Waals surface area contributed by atoms with Gasteiger partial charge in [-0.05, 0) is 37.1 Å². The molecule has 26 heavy (non-hydrogen) atoms. The Morgan fingerprint density at radius 1 is 1.00 bits per heavy atom. The molecule has 0 atom stereocenters. The summed E-state index contributed by atoms with van der Waals surface area (Å²) in [4.78, 5) is 22.9. The van der Waals surface area contributed by atoms with Crippen LogP contribution in [-0.4, -0.2) is 29.3 Å². The first-order valence-electron chi connectivity index (χ1n) is 8.36. The van der Waals surface area contributed by atoms with Crippen LogP contribution in [0.5, 0.6) is 0 Å². The Morgan fingerprint density at radius 3 is 2.27 bits per heavy atom. The van der Waals surface area contributed by atoms with E-state index < -0.39 is 11.5 Å². The number of carboxylic acid groups (broad SMARTS) is 1. The lowest BCUT2D eigenvalue weighted by atomic mass is 10.1. The van der Waals surface area contributed by atoms with Gasteiger partial charge in [0.1, 0.15) is 0 Å². The van der Waals surface area contributed by atoms with Crippen LogP contribution in [0.2, 0.25) is 0 Å². The maximum Gasteiger partial charge on any atom is 0.335 e. The largest absolute Gasteiger partial charge is 0.478 e. The van der Waals surface area contributed by atoms with Crippen molar-refractivity contribution in [1.82, 2.24) is 10.6 Å². The van der Waals surface area contributed by atoms with Gasteiger partial charge in [0.25, 0.3) is 0 Å². The van der Waals surface area contributed by atoms with Crippen molar-refractivity contribution in [1.29, 1.82) is 0 Å². The summed E-state index contributed by atoms with van der Waals surface area (Å²) in [5.74, 6) is -0.973. The first-order chi connectivity index (χ1) is 12.4. The molecule has 0 unspecified atom stereocenters. The zero-order valence-electron chi connectivity index (χ0n) is 15.0. The van der Waals surface area contributed by atoms with Crippen LogP contribution < -0.4 is 10.6 Å². The molecule has 0 aliphatic carbocycles. The minimum absolute atomic E-state index is 0.217. The third-order valence-corrected chi connectivity index (χ3v) is 3.68. The van der Waals surface area contributed by atoms with E-state index in [2.05, 4.69) is 10.6 Å². The lowest BCUT2D eigenvalue weighted by Gasteiger charge is -2.26. The number of urea groups is 1. The minimum Gasteiger partial charge on any atom is -0.478 e. The molecule has 2 rings (SSSR count). The van der Waals surface area contributed by atoms with Crippen LogP contribution >= 0.6 is 0 Å². The summed E-state index contributed by atoms with van der Waals surface area (Å²) in [5.41, 5.74) is 1.60. The summed E-state index contributed by atoms with van der Waals surface area (Å²) in [6.07, 6.45) is 0. The van der Waals surface area contributed by atoms with Gasteiger partial charge >= 0.3 is 12.0 Å². The molecule has 2 amide bonds. The molecular weight excluding hydrogens is 332 g/mol. The smallest absolute Gasteiger partial charge is 0.335 e. The molecule has 0 aliphatic heterocycles. The lowest BCUT2D eigenvalue weighted by molar-refractivity contribution is 0.0696. The van der Waals surface area contributed by atoms with Crippen molar-refractivity contribution in [3.8, 4) is 0 Å². The number of amides is 2. The number of hydrogen-bond donors (Lipinski definition) is 3. The van der Waals surface area contributed by atoms with Crippen molar-refractivity contribution >= 4 is 12.0 Å². The molecule has 0 aliphatic rings. The van der Waals surface area contributed by atoms with E-state index in [-0.39, 0.29) is 11.6 Å². The molecule has 6 heteroatoms. The average molecular weight is 356 g/mol. The van der Waals surface area contributed by atoms with Crippen molar-refractivity contribution in [2.24, 2.45) is 0 Å². The van der Waals surface area contributed by atoms with Crippen LogP contribution in [0.15, 0.2) is 54.6 Å². The molecule has 0 heterocycles. The summed E-state index contributed by atoms with van der Waals surface area (Å²) in [6, 6.07) is 15.9. The Labute approximate surface area is 153 Å². The average Bonchev–Trinajstić information content (AvgIpc) is 2.60. The van der Waals surface area contributed by atoms with Crippen molar-refractivity contribution in [3.63, 3.8) is 0 Å². The fourth-order valence-electron chi connectivity index (χ4n) is 2.33. The van der Waals surface area contributed by atoms with Crippen molar-refractivity contribution < 1.29 is 19.4 Å². The monoisotopic (exact) mass is 356 g/mol. The molecule has 0 radical (unpaired) electrons. The molecule has 0 bridgehead atoms. The number of hydrogen-bond acceptors (Lipinski definition) is 3. The fourth-order valence-corrected chi connectivity index (χ4v) is 2.33. The van der Waals surface area contributed by atoms with E-state index in [1.54, 1.807) is 12.1 Å². The second-order valence-electron chi connectivity index (χ2n) is 6.67. The van der Waals surface area contributed by atoms with E-state index in [0.717, 1.165) is 11.1 Å². The quantitative estimate of drug-likeness (QED) is 0.678. The lowest BCUT2D eigenvalue weighted by Crippen LogP contribution is -2.50. The minimum atomic E-state index is -0.973. The number of carbonyl (C=O) groups excluding carboxylic acids is 1. The van der Waals surface area contributed by atoms with Gasteiger partial charge in [-0.25, -0.2) is 9.59 Å². The molecule has 3 N–H and O–H groups in total. The Bertz CT molecular complexity index is 727. The zero-order chi connectivity index (χ0) is 19.0. The third kappa shape index (κ3) is 6.57. The number of carboxylic acids is 1. The summed E-state index contributed by atoms with van der Waals surface area (Å²) >= 11 is 0. The van der Waals surface area contributed by atoms with E-state index in [9.17, 15) is 9.59 Å². The van der Waals surface area contributed by atoms with Gasteiger partial charge in [-0.3, -0.25) is 0 Å². The molecule has 0 saturated heterocycles. The fraction of sp³-hybridized carbons (Fsp3) is 0.300. The van der Waals surface area contributed by atoms with Crippen LogP contribution in [-0.2, 0) is 17.9 Å². The number of ether oxygens (including phenoxy) is 1. The second kappa shape index (κ2) is 9.01. The summed E-state index contributed by atoms with van der Waals surface area (Å²) in [6.45, 7) is 4.96. The summed E-state index contributed by atoms with van der Waals surface area (Å²) in [7, 11) is 0. The highest BCUT2D eigenvalue weighted by molar-refractivity contribution is 5.87. The highest BCUT2D eigenvalue weighted by Gasteiger charge is 2.20. The normalized spacial score (nSPS) is 11.0. The van der Waals surface area contributed by atoms with E-state index in [1.165, 1.54) is 12.1 Å². The topological polar surface area (TPSA) is 87.7 Å². The molecule has 0 saturated carbocycles. The first kappa shape index (κ1) is 19.5. The number of carbonyl (C=O) groups is 2. The predicted octanol–water partition coefficient (Wildman–Crippen LogP) is 3.18. The van der Waals surface area contributed by atoms with E-state index in [0.29, 0.717) is 19.8 Å². The standard InChI is InChI=1S/C20H24N2O4/c1-20(2,14-26-13-16-6-4-3-5-7-16)22-19(25)21-12-15-8-10-17(11-9-15)18(23)24/h3-11H,12-14H2,1-2H3,(H,23,24)(H2,21,22,25). The SMILES string of the molecule is CC(C)(COCc1ccccc1)NC(=O)NCc1ccc(C(=O)O)cc1. The number of rotatable bonds is 8. The van der Waals surface area contributed by atoms with Gasteiger partial charge in [-0.2, -0.15) is 0 Å². The van der Waals surface area contributed by atoms with Crippen LogP contribution in [0, 0.1) is 0 Å². The molecule has 6 nitrogen and oxygen atoms in total. The van der Waals surface area contributed by atoms with E-state index in [1.807, 2.05) is 44.2 Å². The Morgan fingerprint density at radius 2 is 1.65 bits per heavy atom. The van der Waals surface area contributed by atoms with Crippen molar-refractivity contribution in [3.05, 3.63) is 71.3 Å². The van der Waals surface area contributed by atoms with Gasteiger partial charge in [-0.1, -0.05) is 42.5 Å². The van der Waals surface area contributed by atoms with Gasteiger partial charge in [0.05, 0.1) is 24.3 Å². The number of benzene rings is 2. The van der Waals surface area contributed by atoms with Gasteiger partial charge < -0.3 is 20.5 Å². The predicted molar refractivity (Wildman–Crippen MR) is 98.9 cm³/mol. The van der Waals surface area contributed by atoms with E-state index in [4.69, 9.17) is 9.84 Å². The first-order valence-corrected chi connectivity index (χ1v) is 8.36. The van der Waals surface area contributed by atoms with Crippen LogP contribution in [0.3, 0.4) is 0 Å². The van der Waals surface area contributed by atoms with Crippen LogP contribution in [0.25, 0.3) is 0 Å². The van der Waals surface area contributed by atoms with Gasteiger partial charge in [0, 0.05) is 6.54 Å². The number of nitrogens with one attached hydrogen (secondary N) is 2. The Kier molecular flexibility index (Phi) is 6.74. The van der Waals surface area contributed by atoms with Gasteiger partial charge in [-0.15, -0.1) is 0 Å². The van der Waals surface area contributed by atoms with Gasteiger partial charge in [0.15, 0.2) is 0 Å². The third-order valence-electron chi connectivity index (χ3n) is 3.68. The van der Waals surface area contributed by atoms with Crippen LogP contribution in [0.4, 0.5) is 4.79 Å². The highest BCUT2D eigenvalue weighted by atomic mass is 16.5. The zero-order valence-corrected chi connectivity index (χ0v) is 15.0. The maximum absolute atomic E-state index is 12.1. The Balaban J connectivity index is 1.73. The molecule has 0 aromatic heterocycles. The molecule has 2 aromatic rings. The molecular formula is C20H24N2O4. The van der Waals surface area contributed by atoms with Crippen LogP contribution in [0.1, 0.15) is 35.3 Å².